The molecule has 7 heteroatoms. The minimum atomic E-state index is -0.658. The van der Waals surface area contributed by atoms with Crippen molar-refractivity contribution in [1.29, 1.82) is 0 Å². The zero-order valence-electron chi connectivity index (χ0n) is 27.9. The zero-order chi connectivity index (χ0) is 30.8. The maximum Gasteiger partial charge on any atom is 0.154 e. The molecule has 0 amide bonds. The minimum Gasteiger partial charge on any atom is -0.303 e. The highest BCUT2D eigenvalue weighted by molar-refractivity contribution is 5.97. The van der Waals surface area contributed by atoms with E-state index in [1.807, 2.05) is 0 Å². The Kier molecular flexibility index (Phi) is 9.81. The van der Waals surface area contributed by atoms with Crippen molar-refractivity contribution in [3.63, 3.8) is 0 Å². The Hall–Kier alpha value is -2.13. The summed E-state index contributed by atoms with van der Waals surface area (Å²) < 4.78 is 0. The van der Waals surface area contributed by atoms with Gasteiger partial charge in [0, 0.05) is 83.1 Å². The molecule has 0 spiro atoms. The summed E-state index contributed by atoms with van der Waals surface area (Å²) >= 11 is 0. The Morgan fingerprint density at radius 2 is 1.21 bits per heavy atom. The van der Waals surface area contributed by atoms with Crippen LogP contribution in [-0.4, -0.2) is 153 Å². The molecule has 3 aliphatic heterocycles. The van der Waals surface area contributed by atoms with Crippen molar-refractivity contribution < 1.29 is 4.79 Å². The second kappa shape index (κ2) is 13.1. The van der Waals surface area contributed by atoms with Crippen LogP contribution in [0.4, 0.5) is 0 Å². The van der Waals surface area contributed by atoms with Gasteiger partial charge in [0.2, 0.25) is 0 Å². The van der Waals surface area contributed by atoms with Gasteiger partial charge in [0.05, 0.1) is 11.3 Å². The number of benzene rings is 2. The number of piperidine rings is 1. The van der Waals surface area contributed by atoms with Crippen molar-refractivity contribution in [1.82, 2.24) is 29.4 Å². The highest BCUT2D eigenvalue weighted by Gasteiger charge is 2.55. The van der Waals surface area contributed by atoms with Crippen molar-refractivity contribution in [2.24, 2.45) is 0 Å². The van der Waals surface area contributed by atoms with Crippen LogP contribution in [0.1, 0.15) is 37.8 Å². The number of rotatable bonds is 7. The molecule has 3 aliphatic rings. The summed E-state index contributed by atoms with van der Waals surface area (Å²) in [6.07, 6.45) is 0. The molecule has 0 aliphatic carbocycles. The lowest BCUT2D eigenvalue weighted by molar-refractivity contribution is -0.135. The average Bonchev–Trinajstić information content (AvgIpc) is 3.22. The van der Waals surface area contributed by atoms with Crippen LogP contribution in [0.5, 0.6) is 0 Å². The number of likely N-dealkylation sites (tertiary alicyclic amines) is 1. The van der Waals surface area contributed by atoms with Gasteiger partial charge in [-0.3, -0.25) is 14.6 Å². The molecule has 2 aromatic carbocycles. The Labute approximate surface area is 261 Å². The SMILES string of the molecule is CCN(CC1(c2ccccc2)CN(C2(C)CN(C)CCN(C)C2)CC(c2ccccc2)C1=O)C1(C)CN(C)CCN(C)C1. The van der Waals surface area contributed by atoms with Gasteiger partial charge in [0.25, 0.3) is 0 Å². The van der Waals surface area contributed by atoms with Crippen LogP contribution < -0.4 is 0 Å². The van der Waals surface area contributed by atoms with E-state index in [-0.39, 0.29) is 17.0 Å². The number of carbonyl (C=O) groups excluding carboxylic acids is 1. The van der Waals surface area contributed by atoms with Gasteiger partial charge in [-0.05, 0) is 59.7 Å². The molecule has 0 radical (unpaired) electrons. The molecule has 3 fully saturated rings. The highest BCUT2D eigenvalue weighted by Crippen LogP contribution is 2.42. The van der Waals surface area contributed by atoms with Crippen LogP contribution in [0.3, 0.4) is 0 Å². The number of hydrogen-bond donors (Lipinski definition) is 0. The lowest BCUT2D eigenvalue weighted by atomic mass is 9.66. The average molecular weight is 589 g/mol. The summed E-state index contributed by atoms with van der Waals surface area (Å²) in [6.45, 7) is 18.5. The van der Waals surface area contributed by atoms with Gasteiger partial charge >= 0.3 is 0 Å². The van der Waals surface area contributed by atoms with E-state index < -0.39 is 5.41 Å². The van der Waals surface area contributed by atoms with E-state index in [0.717, 1.165) is 83.1 Å². The maximum absolute atomic E-state index is 15.3. The molecule has 3 heterocycles. The van der Waals surface area contributed by atoms with Gasteiger partial charge < -0.3 is 19.6 Å². The van der Waals surface area contributed by atoms with E-state index >= 15 is 4.79 Å². The van der Waals surface area contributed by atoms with Crippen molar-refractivity contribution >= 4 is 5.78 Å². The predicted octanol–water partition coefficient (Wildman–Crippen LogP) is 3.19. The van der Waals surface area contributed by atoms with Crippen LogP contribution in [0, 0.1) is 0 Å². The second-order valence-corrected chi connectivity index (χ2v) is 14.6. The molecule has 0 saturated carbocycles. The first-order valence-corrected chi connectivity index (χ1v) is 16.4. The summed E-state index contributed by atoms with van der Waals surface area (Å²) in [6, 6.07) is 21.4. The molecule has 2 aromatic rings. The van der Waals surface area contributed by atoms with Crippen molar-refractivity contribution in [3.8, 4) is 0 Å². The summed E-state index contributed by atoms with van der Waals surface area (Å²) in [4.78, 5) is 30.6. The highest BCUT2D eigenvalue weighted by atomic mass is 16.1. The fourth-order valence-electron chi connectivity index (χ4n) is 8.50. The number of hydrogen-bond acceptors (Lipinski definition) is 7. The molecule has 2 atom stereocenters. The number of carbonyl (C=O) groups is 1. The van der Waals surface area contributed by atoms with Crippen LogP contribution in [0.25, 0.3) is 0 Å². The second-order valence-electron chi connectivity index (χ2n) is 14.6. The lowest BCUT2D eigenvalue weighted by Crippen LogP contribution is -2.69. The van der Waals surface area contributed by atoms with Crippen LogP contribution >= 0.6 is 0 Å². The summed E-state index contributed by atoms with van der Waals surface area (Å²) in [5.74, 6) is 0.189. The fraction of sp³-hybridized carbons (Fsp3) is 0.639. The van der Waals surface area contributed by atoms with Crippen molar-refractivity contribution in [2.75, 3.05) is 107 Å². The zero-order valence-corrected chi connectivity index (χ0v) is 27.9. The third-order valence-electron chi connectivity index (χ3n) is 10.7. The van der Waals surface area contributed by atoms with E-state index in [9.17, 15) is 0 Å². The van der Waals surface area contributed by atoms with E-state index in [0.29, 0.717) is 12.3 Å². The Morgan fingerprint density at radius 3 is 1.72 bits per heavy atom. The van der Waals surface area contributed by atoms with Crippen LogP contribution in [0.2, 0.25) is 0 Å². The standard InChI is InChI=1S/C36H56N6O/c1-8-41(34(2)24-37(4)19-20-38(5)25-34)28-36(31-17-13-10-14-18-31)29-42(35(3)26-39(6)21-22-40(7)27-35)23-32(33(36)43)30-15-11-9-12-16-30/h9-18,32H,8,19-29H2,1-7H3. The summed E-state index contributed by atoms with van der Waals surface area (Å²) in [7, 11) is 9.00. The molecule has 0 N–H and O–H groups in total. The number of nitrogens with zero attached hydrogens (tertiary/aromatic N) is 6. The molecular weight excluding hydrogens is 532 g/mol. The smallest absolute Gasteiger partial charge is 0.154 e. The largest absolute Gasteiger partial charge is 0.303 e. The third kappa shape index (κ3) is 6.77. The maximum atomic E-state index is 15.3. The lowest BCUT2D eigenvalue weighted by Gasteiger charge is -2.55. The van der Waals surface area contributed by atoms with Gasteiger partial charge in [-0.2, -0.15) is 0 Å². The molecule has 3 saturated heterocycles. The molecule has 2 unspecified atom stereocenters. The molecular formula is C36H56N6O. The van der Waals surface area contributed by atoms with Gasteiger partial charge in [0.1, 0.15) is 0 Å². The van der Waals surface area contributed by atoms with E-state index in [2.05, 4.69) is 139 Å². The first kappa shape index (κ1) is 32.3. The molecule has 236 valence electrons. The monoisotopic (exact) mass is 588 g/mol. The number of Topliss-reactive ketones (excluding diaryl/α,β-unsaturated/α-hetero) is 1. The van der Waals surface area contributed by atoms with Crippen molar-refractivity contribution in [3.05, 3.63) is 71.8 Å². The Bertz CT molecular complexity index is 1180. The van der Waals surface area contributed by atoms with E-state index in [1.165, 1.54) is 0 Å². The first-order valence-electron chi connectivity index (χ1n) is 16.4. The van der Waals surface area contributed by atoms with Crippen LogP contribution in [-0.2, 0) is 10.2 Å². The number of likely N-dealkylation sites (N-methyl/N-ethyl adjacent to an activating group) is 5. The normalized spacial score (nSPS) is 28.6. The summed E-state index contributed by atoms with van der Waals surface area (Å²) in [5.41, 5.74) is 1.47. The quantitative estimate of drug-likeness (QED) is 0.492. The Balaban J connectivity index is 1.64. The summed E-state index contributed by atoms with van der Waals surface area (Å²) in [5, 5.41) is 0. The number of ketones is 1. The van der Waals surface area contributed by atoms with Gasteiger partial charge in [0.15, 0.2) is 5.78 Å². The van der Waals surface area contributed by atoms with E-state index in [1.54, 1.807) is 0 Å². The van der Waals surface area contributed by atoms with Gasteiger partial charge in [-0.25, -0.2) is 0 Å². The first-order chi connectivity index (χ1) is 20.5. The molecule has 43 heavy (non-hydrogen) atoms. The molecule has 0 aromatic heterocycles. The third-order valence-corrected chi connectivity index (χ3v) is 10.7. The topological polar surface area (TPSA) is 36.5 Å². The minimum absolute atomic E-state index is 0.0754. The van der Waals surface area contributed by atoms with Gasteiger partial charge in [-0.1, -0.05) is 67.6 Å². The molecule has 0 bridgehead atoms. The molecule has 5 rings (SSSR count). The van der Waals surface area contributed by atoms with E-state index in [4.69, 9.17) is 0 Å². The van der Waals surface area contributed by atoms with Crippen LogP contribution in [0.15, 0.2) is 60.7 Å². The van der Waals surface area contributed by atoms with Crippen molar-refractivity contribution in [2.45, 2.75) is 43.2 Å². The van der Waals surface area contributed by atoms with Gasteiger partial charge in [-0.15, -0.1) is 0 Å². The predicted molar refractivity (Wildman–Crippen MR) is 178 cm³/mol. The fourth-order valence-corrected chi connectivity index (χ4v) is 8.50. The Morgan fingerprint density at radius 1 is 0.721 bits per heavy atom. The molecule has 7 nitrogen and oxygen atoms in total.